The van der Waals surface area contributed by atoms with Gasteiger partial charge in [-0.25, -0.2) is 0 Å². The van der Waals surface area contributed by atoms with Crippen molar-refractivity contribution in [3.8, 4) is 17.2 Å². The lowest BCUT2D eigenvalue weighted by Crippen LogP contribution is -2.13. The van der Waals surface area contributed by atoms with E-state index in [-0.39, 0.29) is 11.5 Å². The number of hydrogen-bond acceptors (Lipinski definition) is 6. The molecule has 22 heavy (non-hydrogen) atoms. The van der Waals surface area contributed by atoms with Crippen LogP contribution < -0.4 is 0 Å². The summed E-state index contributed by atoms with van der Waals surface area (Å²) < 4.78 is 8.92. The Bertz CT molecular complexity index is 494. The predicted molar refractivity (Wildman–Crippen MR) is 81.7 cm³/mol. The Hall–Kier alpha value is -2.57. The standard InChI is InChI=1S/C6H6O2.C6H6O.C4H8O3/c7-5-2-1-3-6(8)4-5;7-6-4-2-1-3-5-6;1-6-4(3-5)7-2/h1-4,7-8H;1-5,7H;3-4H,1-2H3. The van der Waals surface area contributed by atoms with E-state index in [1.165, 1.54) is 32.4 Å². The first kappa shape index (κ1) is 19.4. The van der Waals surface area contributed by atoms with Crippen LogP contribution in [0.3, 0.4) is 0 Å². The van der Waals surface area contributed by atoms with E-state index < -0.39 is 6.29 Å². The van der Waals surface area contributed by atoms with Gasteiger partial charge in [-0.3, -0.25) is 4.79 Å². The summed E-state index contributed by atoms with van der Waals surface area (Å²) in [6.45, 7) is 0. The molecule has 2 aromatic carbocycles. The van der Waals surface area contributed by atoms with Gasteiger partial charge in [0.1, 0.15) is 17.2 Å². The van der Waals surface area contributed by atoms with Crippen molar-refractivity contribution in [1.82, 2.24) is 0 Å². The van der Waals surface area contributed by atoms with Gasteiger partial charge in [0, 0.05) is 20.3 Å². The van der Waals surface area contributed by atoms with Gasteiger partial charge in [0.15, 0.2) is 6.29 Å². The van der Waals surface area contributed by atoms with E-state index in [0.29, 0.717) is 12.0 Å². The lowest BCUT2D eigenvalue weighted by atomic mass is 10.3. The third kappa shape index (κ3) is 10.2. The van der Waals surface area contributed by atoms with E-state index in [9.17, 15) is 4.79 Å². The number of benzene rings is 2. The van der Waals surface area contributed by atoms with Gasteiger partial charge in [0.2, 0.25) is 6.29 Å². The summed E-state index contributed by atoms with van der Waals surface area (Å²) in [6.07, 6.45) is -0.111. The number of para-hydroxylation sites is 1. The van der Waals surface area contributed by atoms with E-state index >= 15 is 0 Å². The first-order valence-electron chi connectivity index (χ1n) is 6.26. The highest BCUT2D eigenvalue weighted by Gasteiger charge is 1.97. The van der Waals surface area contributed by atoms with Crippen molar-refractivity contribution in [1.29, 1.82) is 0 Å². The fourth-order valence-electron chi connectivity index (χ4n) is 1.13. The number of aromatic hydroxyl groups is 3. The molecule has 2 rings (SSSR count). The van der Waals surface area contributed by atoms with Crippen LogP contribution in [0.4, 0.5) is 0 Å². The van der Waals surface area contributed by atoms with Crippen molar-refractivity contribution >= 4 is 6.29 Å². The number of hydrogen-bond donors (Lipinski definition) is 3. The number of carbonyl (C=O) groups excluding carboxylic acids is 1. The maximum Gasteiger partial charge on any atom is 0.214 e. The van der Waals surface area contributed by atoms with Gasteiger partial charge in [-0.1, -0.05) is 24.3 Å². The topological polar surface area (TPSA) is 96.2 Å². The number of aldehydes is 1. The number of rotatable bonds is 3. The average Bonchev–Trinajstić information content (AvgIpc) is 2.51. The Labute approximate surface area is 129 Å². The van der Waals surface area contributed by atoms with Crippen LogP contribution in [0.2, 0.25) is 0 Å². The third-order valence-corrected chi connectivity index (χ3v) is 2.16. The maximum atomic E-state index is 9.72. The molecule has 0 aliphatic rings. The summed E-state index contributed by atoms with van der Waals surface area (Å²) in [5.41, 5.74) is 0. The van der Waals surface area contributed by atoms with Crippen molar-refractivity contribution in [2.45, 2.75) is 6.29 Å². The summed E-state index contributed by atoms with van der Waals surface area (Å²) in [5, 5.41) is 25.9. The molecule has 0 heterocycles. The molecular weight excluding hydrogens is 288 g/mol. The van der Waals surface area contributed by atoms with Crippen LogP contribution in [-0.2, 0) is 14.3 Å². The zero-order valence-corrected chi connectivity index (χ0v) is 12.4. The molecule has 0 fully saturated rings. The molecule has 120 valence electrons. The van der Waals surface area contributed by atoms with Crippen molar-refractivity contribution in [2.75, 3.05) is 14.2 Å². The smallest absolute Gasteiger partial charge is 0.214 e. The second-order valence-electron chi connectivity index (χ2n) is 3.83. The van der Waals surface area contributed by atoms with Crippen LogP contribution in [0.15, 0.2) is 54.6 Å². The fourth-order valence-corrected chi connectivity index (χ4v) is 1.13. The van der Waals surface area contributed by atoms with E-state index in [0.717, 1.165) is 0 Å². The zero-order valence-electron chi connectivity index (χ0n) is 12.4. The lowest BCUT2D eigenvalue weighted by Gasteiger charge is -2.01. The zero-order chi connectivity index (χ0) is 16.8. The minimum absolute atomic E-state index is 0.0880. The molecule has 0 radical (unpaired) electrons. The van der Waals surface area contributed by atoms with Gasteiger partial charge in [-0.05, 0) is 24.3 Å². The summed E-state index contributed by atoms with van der Waals surface area (Å²) in [6, 6.07) is 14.6. The molecular formula is C16H20O6. The van der Waals surface area contributed by atoms with Crippen molar-refractivity contribution in [3.05, 3.63) is 54.6 Å². The van der Waals surface area contributed by atoms with E-state index in [4.69, 9.17) is 15.3 Å². The van der Waals surface area contributed by atoms with E-state index in [2.05, 4.69) is 9.47 Å². The van der Waals surface area contributed by atoms with Crippen molar-refractivity contribution in [3.63, 3.8) is 0 Å². The summed E-state index contributed by atoms with van der Waals surface area (Å²) in [4.78, 5) is 9.72. The summed E-state index contributed by atoms with van der Waals surface area (Å²) in [5.74, 6) is 0.498. The largest absolute Gasteiger partial charge is 0.508 e. The van der Waals surface area contributed by atoms with Crippen LogP contribution in [0.25, 0.3) is 0 Å². The Balaban J connectivity index is 0.000000302. The highest BCUT2D eigenvalue weighted by Crippen LogP contribution is 2.14. The van der Waals surface area contributed by atoms with Gasteiger partial charge in [-0.2, -0.15) is 0 Å². The number of phenols is 3. The van der Waals surface area contributed by atoms with Crippen LogP contribution in [0.5, 0.6) is 17.2 Å². The first-order chi connectivity index (χ1) is 10.5. The van der Waals surface area contributed by atoms with Gasteiger partial charge in [0.05, 0.1) is 0 Å². The Kier molecular flexibility index (Phi) is 10.8. The maximum absolute atomic E-state index is 9.72. The molecule has 0 aliphatic heterocycles. The first-order valence-corrected chi connectivity index (χ1v) is 6.26. The van der Waals surface area contributed by atoms with E-state index in [1.54, 1.807) is 30.3 Å². The monoisotopic (exact) mass is 308 g/mol. The molecule has 2 aromatic rings. The van der Waals surface area contributed by atoms with Crippen molar-refractivity contribution < 1.29 is 29.6 Å². The lowest BCUT2D eigenvalue weighted by molar-refractivity contribution is -0.143. The molecule has 6 nitrogen and oxygen atoms in total. The number of ether oxygens (including phenoxy) is 2. The van der Waals surface area contributed by atoms with E-state index in [1.807, 2.05) is 6.07 Å². The fraction of sp³-hybridized carbons (Fsp3) is 0.188. The SMILES string of the molecule is COC(C=O)OC.Oc1cccc(O)c1.Oc1ccccc1. The molecule has 0 atom stereocenters. The van der Waals surface area contributed by atoms with Gasteiger partial charge in [0.25, 0.3) is 0 Å². The minimum atomic E-state index is -0.694. The predicted octanol–water partition coefficient (Wildman–Crippen LogP) is 2.29. The molecule has 0 amide bonds. The second kappa shape index (κ2) is 12.2. The minimum Gasteiger partial charge on any atom is -0.508 e. The van der Waals surface area contributed by atoms with Gasteiger partial charge >= 0.3 is 0 Å². The van der Waals surface area contributed by atoms with Crippen LogP contribution >= 0.6 is 0 Å². The van der Waals surface area contributed by atoms with Gasteiger partial charge in [-0.15, -0.1) is 0 Å². The van der Waals surface area contributed by atoms with Crippen LogP contribution in [0, 0.1) is 0 Å². The Morgan fingerprint density at radius 2 is 1.27 bits per heavy atom. The molecule has 0 aliphatic carbocycles. The molecule has 6 heteroatoms. The summed E-state index contributed by atoms with van der Waals surface area (Å²) >= 11 is 0. The van der Waals surface area contributed by atoms with Gasteiger partial charge < -0.3 is 24.8 Å². The molecule has 0 unspecified atom stereocenters. The summed E-state index contributed by atoms with van der Waals surface area (Å²) in [7, 11) is 2.81. The average molecular weight is 308 g/mol. The normalized spacial score (nSPS) is 9.05. The second-order valence-corrected chi connectivity index (χ2v) is 3.83. The molecule has 3 N–H and O–H groups in total. The number of methoxy groups -OCH3 is 2. The quantitative estimate of drug-likeness (QED) is 0.595. The highest BCUT2D eigenvalue weighted by atomic mass is 16.7. The Morgan fingerprint density at radius 1 is 0.818 bits per heavy atom. The molecule has 0 saturated heterocycles. The molecule has 0 bridgehead atoms. The molecule has 0 spiro atoms. The number of phenolic OH excluding ortho intramolecular Hbond substituents is 3. The Morgan fingerprint density at radius 3 is 1.45 bits per heavy atom. The molecule has 0 aromatic heterocycles. The van der Waals surface area contributed by atoms with Crippen LogP contribution in [-0.4, -0.2) is 42.1 Å². The van der Waals surface area contributed by atoms with Crippen LogP contribution in [0.1, 0.15) is 0 Å². The third-order valence-electron chi connectivity index (χ3n) is 2.16. The highest BCUT2D eigenvalue weighted by molar-refractivity contribution is 5.53. The van der Waals surface area contributed by atoms with Crippen molar-refractivity contribution in [2.24, 2.45) is 0 Å². The molecule has 0 saturated carbocycles. The number of carbonyl (C=O) groups is 1.